The van der Waals surface area contributed by atoms with Gasteiger partial charge in [-0.15, -0.1) is 11.8 Å². The molecule has 0 aliphatic carbocycles. The van der Waals surface area contributed by atoms with Crippen molar-refractivity contribution in [2.75, 3.05) is 31.3 Å². The molecule has 10 heteroatoms. The van der Waals surface area contributed by atoms with Gasteiger partial charge in [0.15, 0.2) is 0 Å². The van der Waals surface area contributed by atoms with Crippen LogP contribution < -0.4 is 15.8 Å². The highest BCUT2D eigenvalue weighted by molar-refractivity contribution is 8.00. The molecular weight excluding hydrogens is 438 g/mol. The first-order chi connectivity index (χ1) is 14.8. The van der Waals surface area contributed by atoms with Crippen molar-refractivity contribution in [2.45, 2.75) is 29.1 Å². The number of nitrogens with two attached hydrogens (primary N) is 1. The van der Waals surface area contributed by atoms with E-state index in [1.54, 1.807) is 30.3 Å². The topological polar surface area (TPSA) is 119 Å². The van der Waals surface area contributed by atoms with E-state index < -0.39 is 21.8 Å². The molecule has 1 aliphatic heterocycles. The van der Waals surface area contributed by atoms with Crippen molar-refractivity contribution in [3.63, 3.8) is 0 Å². The Morgan fingerprint density at radius 3 is 2.52 bits per heavy atom. The van der Waals surface area contributed by atoms with Gasteiger partial charge < -0.3 is 15.8 Å². The number of amides is 2. The van der Waals surface area contributed by atoms with Crippen molar-refractivity contribution in [3.8, 4) is 5.75 Å². The van der Waals surface area contributed by atoms with Crippen LogP contribution in [-0.4, -0.2) is 50.5 Å². The number of nitrogens with one attached hydrogen (secondary N) is 1. The zero-order valence-electron chi connectivity index (χ0n) is 17.2. The van der Waals surface area contributed by atoms with Crippen LogP contribution in [0, 0.1) is 0 Å². The minimum Gasteiger partial charge on any atom is -0.495 e. The molecule has 2 aromatic rings. The Balaban J connectivity index is 1.87. The Morgan fingerprint density at radius 1 is 1.13 bits per heavy atom. The molecule has 31 heavy (non-hydrogen) atoms. The molecule has 0 bridgehead atoms. The first-order valence-corrected chi connectivity index (χ1v) is 12.2. The summed E-state index contributed by atoms with van der Waals surface area (Å²) in [4.78, 5) is 24.6. The number of benzene rings is 2. The summed E-state index contributed by atoms with van der Waals surface area (Å²) >= 11 is 1.17. The SMILES string of the molecule is COc1ccc(NC(=O)c2ccccc2SCC(N)=O)cc1S(=O)(=O)N1CCCCC1. The van der Waals surface area contributed by atoms with E-state index in [1.165, 1.54) is 35.3 Å². The third kappa shape index (κ3) is 5.57. The minimum atomic E-state index is -3.75. The number of primary amides is 1. The van der Waals surface area contributed by atoms with E-state index in [2.05, 4.69) is 5.32 Å². The highest BCUT2D eigenvalue weighted by atomic mass is 32.2. The van der Waals surface area contributed by atoms with Gasteiger partial charge in [-0.1, -0.05) is 18.6 Å². The number of carbonyl (C=O) groups excluding carboxylic acids is 2. The van der Waals surface area contributed by atoms with E-state index in [0.717, 1.165) is 19.3 Å². The lowest BCUT2D eigenvalue weighted by atomic mass is 10.2. The van der Waals surface area contributed by atoms with Gasteiger partial charge in [-0.05, 0) is 43.2 Å². The van der Waals surface area contributed by atoms with Crippen LogP contribution in [0.5, 0.6) is 5.75 Å². The first-order valence-electron chi connectivity index (χ1n) is 9.82. The van der Waals surface area contributed by atoms with Gasteiger partial charge in [0.05, 0.1) is 18.4 Å². The Hall–Kier alpha value is -2.56. The number of thioether (sulfide) groups is 1. The van der Waals surface area contributed by atoms with Gasteiger partial charge in [-0.25, -0.2) is 8.42 Å². The molecule has 0 atom stereocenters. The van der Waals surface area contributed by atoms with Crippen LogP contribution in [0.2, 0.25) is 0 Å². The second-order valence-corrected chi connectivity index (χ2v) is 9.96. The predicted octanol–water partition coefficient (Wildman–Crippen LogP) is 2.70. The van der Waals surface area contributed by atoms with Gasteiger partial charge in [-0.3, -0.25) is 9.59 Å². The van der Waals surface area contributed by atoms with Crippen molar-refractivity contribution in [2.24, 2.45) is 5.73 Å². The van der Waals surface area contributed by atoms with Crippen LogP contribution in [0.25, 0.3) is 0 Å². The third-order valence-corrected chi connectivity index (χ3v) is 7.87. The number of hydrogen-bond acceptors (Lipinski definition) is 6. The minimum absolute atomic E-state index is 0.0195. The van der Waals surface area contributed by atoms with Crippen molar-refractivity contribution in [3.05, 3.63) is 48.0 Å². The van der Waals surface area contributed by atoms with Crippen LogP contribution in [0.4, 0.5) is 5.69 Å². The maximum atomic E-state index is 13.2. The Kier molecular flexibility index (Phi) is 7.58. The van der Waals surface area contributed by atoms with Gasteiger partial charge in [-0.2, -0.15) is 4.31 Å². The third-order valence-electron chi connectivity index (χ3n) is 4.86. The average Bonchev–Trinajstić information content (AvgIpc) is 2.78. The molecule has 1 fully saturated rings. The fourth-order valence-electron chi connectivity index (χ4n) is 3.33. The maximum absolute atomic E-state index is 13.2. The monoisotopic (exact) mass is 463 g/mol. The lowest BCUT2D eigenvalue weighted by molar-refractivity contribution is -0.115. The van der Waals surface area contributed by atoms with E-state index in [0.29, 0.717) is 29.2 Å². The zero-order valence-corrected chi connectivity index (χ0v) is 18.8. The largest absolute Gasteiger partial charge is 0.495 e. The highest BCUT2D eigenvalue weighted by Crippen LogP contribution is 2.31. The van der Waals surface area contributed by atoms with E-state index in [9.17, 15) is 18.0 Å². The number of carbonyl (C=O) groups is 2. The molecule has 1 heterocycles. The second-order valence-electron chi connectivity index (χ2n) is 7.04. The maximum Gasteiger partial charge on any atom is 0.256 e. The standard InChI is InChI=1S/C21H25N3O5S2/c1-29-17-10-9-15(13-19(17)31(27,28)24-11-5-2-6-12-24)23-21(26)16-7-3-4-8-18(16)30-14-20(22)25/h3-4,7-10,13H,2,5-6,11-12,14H2,1H3,(H2,22,25)(H,23,26). The van der Waals surface area contributed by atoms with E-state index >= 15 is 0 Å². The predicted molar refractivity (Wildman–Crippen MR) is 120 cm³/mol. The summed E-state index contributed by atoms with van der Waals surface area (Å²) < 4.78 is 33.1. The quantitative estimate of drug-likeness (QED) is 0.581. The fourth-order valence-corrected chi connectivity index (χ4v) is 5.82. The summed E-state index contributed by atoms with van der Waals surface area (Å²) in [6.45, 7) is 0.930. The van der Waals surface area contributed by atoms with Crippen LogP contribution in [0.3, 0.4) is 0 Å². The van der Waals surface area contributed by atoms with Crippen LogP contribution >= 0.6 is 11.8 Å². The van der Waals surface area contributed by atoms with Crippen molar-refractivity contribution >= 4 is 39.3 Å². The van der Waals surface area contributed by atoms with Crippen molar-refractivity contribution in [1.82, 2.24) is 4.31 Å². The summed E-state index contributed by atoms with van der Waals surface area (Å²) in [6.07, 6.45) is 2.64. The lowest BCUT2D eigenvalue weighted by Crippen LogP contribution is -2.35. The van der Waals surface area contributed by atoms with Crippen LogP contribution in [0.1, 0.15) is 29.6 Å². The molecular formula is C21H25N3O5S2. The van der Waals surface area contributed by atoms with Gasteiger partial charge >= 0.3 is 0 Å². The number of piperidine rings is 1. The highest BCUT2D eigenvalue weighted by Gasteiger charge is 2.29. The van der Waals surface area contributed by atoms with E-state index in [1.807, 2.05) is 0 Å². The zero-order chi connectivity index (χ0) is 22.4. The molecule has 2 aromatic carbocycles. The molecule has 3 N–H and O–H groups in total. The molecule has 0 radical (unpaired) electrons. The van der Waals surface area contributed by atoms with Gasteiger partial charge in [0, 0.05) is 23.7 Å². The van der Waals surface area contributed by atoms with Crippen LogP contribution in [-0.2, 0) is 14.8 Å². The second kappa shape index (κ2) is 10.2. The van der Waals surface area contributed by atoms with Gasteiger partial charge in [0.1, 0.15) is 10.6 Å². The molecule has 1 aliphatic rings. The molecule has 1 saturated heterocycles. The summed E-state index contributed by atoms with van der Waals surface area (Å²) in [7, 11) is -2.34. The molecule has 8 nitrogen and oxygen atoms in total. The lowest BCUT2D eigenvalue weighted by Gasteiger charge is -2.26. The Morgan fingerprint density at radius 2 is 1.84 bits per heavy atom. The summed E-state index contributed by atoms with van der Waals surface area (Å²) in [5.74, 6) is -0.631. The number of hydrogen-bond donors (Lipinski definition) is 2. The Labute approximate surface area is 186 Å². The molecule has 0 unspecified atom stereocenters. The molecule has 2 amide bonds. The molecule has 0 saturated carbocycles. The summed E-state index contributed by atoms with van der Waals surface area (Å²) in [5.41, 5.74) is 5.90. The van der Waals surface area contributed by atoms with Crippen molar-refractivity contribution < 1.29 is 22.7 Å². The van der Waals surface area contributed by atoms with E-state index in [4.69, 9.17) is 10.5 Å². The average molecular weight is 464 g/mol. The van der Waals surface area contributed by atoms with Gasteiger partial charge in [0.25, 0.3) is 5.91 Å². The number of ether oxygens (including phenoxy) is 1. The first kappa shape index (κ1) is 23.1. The Bertz CT molecular complexity index is 1070. The number of nitrogens with zero attached hydrogens (tertiary/aromatic N) is 1. The molecule has 0 spiro atoms. The smallest absolute Gasteiger partial charge is 0.256 e. The number of anilines is 1. The number of rotatable bonds is 8. The van der Waals surface area contributed by atoms with Crippen LogP contribution in [0.15, 0.2) is 52.3 Å². The molecule has 0 aromatic heterocycles. The molecule has 3 rings (SSSR count). The summed E-state index contributed by atoms with van der Waals surface area (Å²) in [6, 6.07) is 11.4. The summed E-state index contributed by atoms with van der Waals surface area (Å²) in [5, 5.41) is 2.75. The normalized spacial score (nSPS) is 14.7. The van der Waals surface area contributed by atoms with Gasteiger partial charge in [0.2, 0.25) is 15.9 Å². The fraction of sp³-hybridized carbons (Fsp3) is 0.333. The number of sulfonamides is 1. The van der Waals surface area contributed by atoms with E-state index in [-0.39, 0.29) is 16.4 Å². The number of methoxy groups -OCH3 is 1. The molecule has 166 valence electrons. The van der Waals surface area contributed by atoms with Crippen molar-refractivity contribution in [1.29, 1.82) is 0 Å².